The maximum atomic E-state index is 12.6. The number of hydrogen-bond acceptors (Lipinski definition) is 2. The number of fused-ring (bicyclic) bond motifs is 1. The van der Waals surface area contributed by atoms with Gasteiger partial charge in [-0.05, 0) is 48.7 Å². The van der Waals surface area contributed by atoms with Crippen molar-refractivity contribution in [3.05, 3.63) is 83.9 Å². The number of urea groups is 1. The van der Waals surface area contributed by atoms with Crippen LogP contribution in [-0.2, 0) is 0 Å². The summed E-state index contributed by atoms with van der Waals surface area (Å²) in [5.74, 6) is 0. The van der Waals surface area contributed by atoms with Crippen LogP contribution in [0.15, 0.2) is 78.9 Å². The fourth-order valence-electron chi connectivity index (χ4n) is 4.27. The molecule has 0 aliphatic carbocycles. The van der Waals surface area contributed by atoms with Crippen LogP contribution >= 0.6 is 11.6 Å². The van der Waals surface area contributed by atoms with Crippen molar-refractivity contribution in [3.8, 4) is 11.3 Å². The minimum atomic E-state index is -0.0448. The number of likely N-dealkylation sites (tertiary alicyclic amines) is 1. The Balaban J connectivity index is 1.27. The number of aromatic nitrogens is 1. The normalized spacial score (nSPS) is 14.5. The first-order valence-electron chi connectivity index (χ1n) is 10.9. The first-order chi connectivity index (χ1) is 15.7. The lowest BCUT2D eigenvalue weighted by Crippen LogP contribution is -2.44. The van der Waals surface area contributed by atoms with Crippen molar-refractivity contribution >= 4 is 39.9 Å². The summed E-state index contributed by atoms with van der Waals surface area (Å²) < 4.78 is 0. The van der Waals surface area contributed by atoms with Crippen LogP contribution in [0.25, 0.3) is 22.2 Å². The van der Waals surface area contributed by atoms with Gasteiger partial charge in [0.05, 0.1) is 11.2 Å². The minimum absolute atomic E-state index is 0.0448. The van der Waals surface area contributed by atoms with Gasteiger partial charge in [0, 0.05) is 40.9 Å². The van der Waals surface area contributed by atoms with Gasteiger partial charge in [-0.25, -0.2) is 4.79 Å². The number of para-hydroxylation sites is 1. The summed E-state index contributed by atoms with van der Waals surface area (Å²) >= 11 is 6.42. The number of nitrogens with zero attached hydrogens (tertiary/aromatic N) is 1. The number of aromatic amines is 1. The average Bonchev–Trinajstić information content (AvgIpc) is 3.25. The molecule has 6 heteroatoms. The van der Waals surface area contributed by atoms with Crippen molar-refractivity contribution in [2.24, 2.45) is 0 Å². The molecular weight excluding hydrogens is 420 g/mol. The van der Waals surface area contributed by atoms with Crippen molar-refractivity contribution in [3.63, 3.8) is 0 Å². The molecule has 0 bridgehead atoms. The van der Waals surface area contributed by atoms with E-state index in [1.807, 2.05) is 65.6 Å². The topological polar surface area (TPSA) is 60.2 Å². The molecule has 162 valence electrons. The Morgan fingerprint density at radius 3 is 2.34 bits per heavy atom. The van der Waals surface area contributed by atoms with Gasteiger partial charge in [0.15, 0.2) is 0 Å². The molecular formula is C26H25ClN4O. The summed E-state index contributed by atoms with van der Waals surface area (Å²) in [4.78, 5) is 18.0. The molecule has 1 fully saturated rings. The highest BCUT2D eigenvalue weighted by Gasteiger charge is 2.23. The van der Waals surface area contributed by atoms with E-state index in [-0.39, 0.29) is 12.1 Å². The van der Waals surface area contributed by atoms with Crippen LogP contribution in [0, 0.1) is 0 Å². The molecule has 3 N–H and O–H groups in total. The molecule has 2 heterocycles. The number of carbonyl (C=O) groups excluding carboxylic acids is 1. The van der Waals surface area contributed by atoms with Gasteiger partial charge >= 0.3 is 6.03 Å². The van der Waals surface area contributed by atoms with Crippen LogP contribution in [-0.4, -0.2) is 35.0 Å². The maximum absolute atomic E-state index is 12.6. The van der Waals surface area contributed by atoms with E-state index in [2.05, 4.69) is 33.8 Å². The fourth-order valence-corrected chi connectivity index (χ4v) is 4.49. The molecule has 0 radical (unpaired) electrons. The number of rotatable bonds is 4. The molecule has 3 aromatic carbocycles. The highest BCUT2D eigenvalue weighted by atomic mass is 35.5. The molecule has 32 heavy (non-hydrogen) atoms. The van der Waals surface area contributed by atoms with E-state index >= 15 is 0 Å². The summed E-state index contributed by atoms with van der Waals surface area (Å²) in [5.41, 5.74) is 5.08. The Morgan fingerprint density at radius 2 is 1.62 bits per heavy atom. The first-order valence-corrected chi connectivity index (χ1v) is 11.3. The van der Waals surface area contributed by atoms with Gasteiger partial charge < -0.3 is 20.5 Å². The third-order valence-electron chi connectivity index (χ3n) is 5.94. The van der Waals surface area contributed by atoms with E-state index in [1.54, 1.807) is 0 Å². The lowest BCUT2D eigenvalue weighted by molar-refractivity contribution is 0.197. The number of carbonyl (C=O) groups is 1. The highest BCUT2D eigenvalue weighted by molar-refractivity contribution is 6.32. The summed E-state index contributed by atoms with van der Waals surface area (Å²) in [7, 11) is 0. The molecule has 0 unspecified atom stereocenters. The second-order valence-electron chi connectivity index (χ2n) is 8.17. The standard InChI is InChI=1S/C26H25ClN4O/c27-20-15-19-16-23(18-7-3-1-4-8-18)30-25(19)24(17-20)28-22-11-13-31(14-12-22)26(32)29-21-9-5-2-6-10-21/h1-10,15-17,22,28,30H,11-14H2,(H,29,32). The molecule has 1 saturated heterocycles. The van der Waals surface area contributed by atoms with E-state index < -0.39 is 0 Å². The molecule has 1 aromatic heterocycles. The van der Waals surface area contributed by atoms with Crippen LogP contribution in [0.5, 0.6) is 0 Å². The fraction of sp³-hybridized carbons (Fsp3) is 0.192. The Morgan fingerprint density at radius 1 is 0.938 bits per heavy atom. The molecule has 4 aromatic rings. The van der Waals surface area contributed by atoms with Crippen LogP contribution < -0.4 is 10.6 Å². The predicted molar refractivity (Wildman–Crippen MR) is 132 cm³/mol. The van der Waals surface area contributed by atoms with Gasteiger partial charge in [0.2, 0.25) is 0 Å². The number of piperidine rings is 1. The molecule has 5 nitrogen and oxygen atoms in total. The van der Waals surface area contributed by atoms with E-state index in [4.69, 9.17) is 11.6 Å². The number of amides is 2. The third kappa shape index (κ3) is 4.43. The van der Waals surface area contributed by atoms with E-state index in [0.717, 1.165) is 46.4 Å². The first kappa shape index (κ1) is 20.5. The van der Waals surface area contributed by atoms with Crippen LogP contribution in [0.2, 0.25) is 5.02 Å². The van der Waals surface area contributed by atoms with Gasteiger partial charge in [0.25, 0.3) is 0 Å². The number of anilines is 2. The third-order valence-corrected chi connectivity index (χ3v) is 6.16. The number of benzene rings is 3. The zero-order chi connectivity index (χ0) is 21.9. The van der Waals surface area contributed by atoms with Gasteiger partial charge in [-0.2, -0.15) is 0 Å². The molecule has 1 aliphatic heterocycles. The Hall–Kier alpha value is -3.44. The van der Waals surface area contributed by atoms with Crippen LogP contribution in [0.3, 0.4) is 0 Å². The lowest BCUT2D eigenvalue weighted by Gasteiger charge is -2.33. The van der Waals surface area contributed by atoms with Crippen LogP contribution in [0.1, 0.15) is 12.8 Å². The summed E-state index contributed by atoms with van der Waals surface area (Å²) in [6.07, 6.45) is 1.75. The average molecular weight is 445 g/mol. The van der Waals surface area contributed by atoms with Gasteiger partial charge in [-0.1, -0.05) is 60.1 Å². The van der Waals surface area contributed by atoms with E-state index in [0.29, 0.717) is 18.1 Å². The zero-order valence-electron chi connectivity index (χ0n) is 17.6. The molecule has 5 rings (SSSR count). The predicted octanol–water partition coefficient (Wildman–Crippen LogP) is 6.60. The second-order valence-corrected chi connectivity index (χ2v) is 8.60. The van der Waals surface area contributed by atoms with Crippen molar-refractivity contribution in [1.82, 2.24) is 9.88 Å². The van der Waals surface area contributed by atoms with Gasteiger partial charge in [0.1, 0.15) is 0 Å². The number of H-pyrrole nitrogens is 1. The minimum Gasteiger partial charge on any atom is -0.380 e. The Labute approximate surface area is 192 Å². The van der Waals surface area contributed by atoms with E-state index in [9.17, 15) is 4.79 Å². The van der Waals surface area contributed by atoms with Gasteiger partial charge in [-0.3, -0.25) is 0 Å². The van der Waals surface area contributed by atoms with Crippen molar-refractivity contribution < 1.29 is 4.79 Å². The number of halogens is 1. The molecule has 0 atom stereocenters. The highest BCUT2D eigenvalue weighted by Crippen LogP contribution is 2.33. The Bertz CT molecular complexity index is 1210. The van der Waals surface area contributed by atoms with E-state index in [1.165, 1.54) is 0 Å². The number of nitrogens with one attached hydrogen (secondary N) is 3. The Kier molecular flexibility index (Phi) is 5.73. The van der Waals surface area contributed by atoms with Crippen molar-refractivity contribution in [1.29, 1.82) is 0 Å². The molecule has 0 spiro atoms. The largest absolute Gasteiger partial charge is 0.380 e. The smallest absolute Gasteiger partial charge is 0.321 e. The van der Waals surface area contributed by atoms with Gasteiger partial charge in [-0.15, -0.1) is 0 Å². The zero-order valence-corrected chi connectivity index (χ0v) is 18.4. The molecule has 1 aliphatic rings. The SMILES string of the molecule is O=C(Nc1ccccc1)N1CCC(Nc2cc(Cl)cc3cc(-c4ccccc4)[nH]c23)CC1. The quantitative estimate of drug-likeness (QED) is 0.332. The molecule has 2 amide bonds. The lowest BCUT2D eigenvalue weighted by atomic mass is 10.0. The maximum Gasteiger partial charge on any atom is 0.321 e. The summed E-state index contributed by atoms with van der Waals surface area (Å²) in [6.45, 7) is 1.42. The number of hydrogen-bond donors (Lipinski definition) is 3. The summed E-state index contributed by atoms with van der Waals surface area (Å²) in [6, 6.07) is 26.2. The van der Waals surface area contributed by atoms with Crippen molar-refractivity contribution in [2.45, 2.75) is 18.9 Å². The second kappa shape index (κ2) is 8.97. The summed E-state index contributed by atoms with van der Waals surface area (Å²) in [5, 5.41) is 8.42. The molecule has 0 saturated carbocycles. The van der Waals surface area contributed by atoms with Crippen LogP contribution in [0.4, 0.5) is 16.2 Å². The monoisotopic (exact) mass is 444 g/mol. The van der Waals surface area contributed by atoms with Crippen molar-refractivity contribution in [2.75, 3.05) is 23.7 Å².